The van der Waals surface area contributed by atoms with Crippen molar-refractivity contribution >= 4 is 11.7 Å². The number of likely N-dealkylation sites (N-methyl/N-ethyl adjacent to an activating group) is 1. The third-order valence-corrected chi connectivity index (χ3v) is 3.86. The van der Waals surface area contributed by atoms with Crippen molar-refractivity contribution in [1.82, 2.24) is 4.90 Å². The molecular weight excluding hydrogens is 240 g/mol. The summed E-state index contributed by atoms with van der Waals surface area (Å²) in [7, 11) is 2.14. The molecule has 4 heteroatoms. The highest BCUT2D eigenvalue weighted by Gasteiger charge is 2.19. The largest absolute Gasteiger partial charge is 0.478 e. The van der Waals surface area contributed by atoms with Crippen molar-refractivity contribution in [3.8, 4) is 0 Å². The zero-order chi connectivity index (χ0) is 13.8. The molecule has 1 saturated heterocycles. The standard InChI is InChI=1S/C15H22N2O2/c1-11-6-7-14(13(9-11)15(18)19)16-10-12-5-3-4-8-17(12)2/h6-7,9,12,16H,3-5,8,10H2,1-2H3,(H,18,19). The molecule has 1 aromatic carbocycles. The van der Waals surface area contributed by atoms with Gasteiger partial charge in [-0.2, -0.15) is 0 Å². The van der Waals surface area contributed by atoms with Crippen LogP contribution in [-0.4, -0.2) is 42.2 Å². The van der Waals surface area contributed by atoms with Crippen molar-refractivity contribution in [2.45, 2.75) is 32.2 Å². The molecule has 1 atom stereocenters. The van der Waals surface area contributed by atoms with Gasteiger partial charge >= 0.3 is 5.97 Å². The summed E-state index contributed by atoms with van der Waals surface area (Å²) >= 11 is 0. The zero-order valence-electron chi connectivity index (χ0n) is 11.6. The number of piperidine rings is 1. The first kappa shape index (κ1) is 13.9. The van der Waals surface area contributed by atoms with Crippen LogP contribution in [0, 0.1) is 6.92 Å². The van der Waals surface area contributed by atoms with Crippen LogP contribution in [0.2, 0.25) is 0 Å². The Kier molecular flexibility index (Phi) is 4.43. The van der Waals surface area contributed by atoms with Crippen LogP contribution in [0.5, 0.6) is 0 Å². The Labute approximate surface area is 114 Å². The first-order valence-corrected chi connectivity index (χ1v) is 6.86. The first-order valence-electron chi connectivity index (χ1n) is 6.86. The Morgan fingerprint density at radius 2 is 2.26 bits per heavy atom. The molecule has 0 amide bonds. The molecule has 19 heavy (non-hydrogen) atoms. The van der Waals surface area contributed by atoms with Crippen molar-refractivity contribution in [1.29, 1.82) is 0 Å². The smallest absolute Gasteiger partial charge is 0.337 e. The van der Waals surface area contributed by atoms with Gasteiger partial charge in [-0.05, 0) is 45.5 Å². The highest BCUT2D eigenvalue weighted by Crippen LogP contribution is 2.20. The molecule has 2 rings (SSSR count). The molecule has 2 N–H and O–H groups in total. The Morgan fingerprint density at radius 1 is 1.47 bits per heavy atom. The van der Waals surface area contributed by atoms with Crippen molar-refractivity contribution in [3.05, 3.63) is 29.3 Å². The van der Waals surface area contributed by atoms with E-state index in [1.165, 1.54) is 19.3 Å². The van der Waals surface area contributed by atoms with Gasteiger partial charge in [0.1, 0.15) is 0 Å². The summed E-state index contributed by atoms with van der Waals surface area (Å²) in [5, 5.41) is 12.5. The fraction of sp³-hybridized carbons (Fsp3) is 0.533. The predicted molar refractivity (Wildman–Crippen MR) is 76.9 cm³/mol. The van der Waals surface area contributed by atoms with E-state index >= 15 is 0 Å². The van der Waals surface area contributed by atoms with Crippen molar-refractivity contribution in [3.63, 3.8) is 0 Å². The van der Waals surface area contributed by atoms with E-state index in [0.29, 0.717) is 11.6 Å². The fourth-order valence-electron chi connectivity index (χ4n) is 2.62. The SMILES string of the molecule is Cc1ccc(NCC2CCCCN2C)c(C(=O)O)c1. The van der Waals surface area contributed by atoms with Crippen LogP contribution in [0.1, 0.15) is 35.2 Å². The number of hydrogen-bond acceptors (Lipinski definition) is 3. The molecule has 1 unspecified atom stereocenters. The molecule has 0 saturated carbocycles. The highest BCUT2D eigenvalue weighted by atomic mass is 16.4. The molecular formula is C15H22N2O2. The molecule has 0 bridgehead atoms. The number of carboxylic acid groups (broad SMARTS) is 1. The third kappa shape index (κ3) is 3.47. The van der Waals surface area contributed by atoms with Gasteiger partial charge in [-0.3, -0.25) is 0 Å². The second kappa shape index (κ2) is 6.06. The normalized spacial score (nSPS) is 20.2. The van der Waals surface area contributed by atoms with Crippen molar-refractivity contribution in [2.24, 2.45) is 0 Å². The monoisotopic (exact) mass is 262 g/mol. The maximum Gasteiger partial charge on any atom is 0.337 e. The summed E-state index contributed by atoms with van der Waals surface area (Å²) in [6.45, 7) is 3.84. The maximum absolute atomic E-state index is 11.2. The first-order chi connectivity index (χ1) is 9.08. The molecule has 1 aliphatic heterocycles. The molecule has 1 aromatic rings. The van der Waals surface area contributed by atoms with Crippen LogP contribution in [0.3, 0.4) is 0 Å². The minimum atomic E-state index is -0.872. The summed E-state index contributed by atoms with van der Waals surface area (Å²) in [6, 6.07) is 6.02. The van der Waals surface area contributed by atoms with E-state index in [0.717, 1.165) is 24.3 Å². The van der Waals surface area contributed by atoms with Gasteiger partial charge in [0.25, 0.3) is 0 Å². The number of benzene rings is 1. The van der Waals surface area contributed by atoms with Gasteiger partial charge in [0, 0.05) is 18.3 Å². The van der Waals surface area contributed by atoms with Gasteiger partial charge < -0.3 is 15.3 Å². The minimum absolute atomic E-state index is 0.360. The quantitative estimate of drug-likeness (QED) is 0.875. The summed E-state index contributed by atoms with van der Waals surface area (Å²) in [5.41, 5.74) is 2.05. The number of likely N-dealkylation sites (tertiary alicyclic amines) is 1. The summed E-state index contributed by atoms with van der Waals surface area (Å²) < 4.78 is 0. The summed E-state index contributed by atoms with van der Waals surface area (Å²) in [6.07, 6.45) is 3.70. The summed E-state index contributed by atoms with van der Waals surface area (Å²) in [5.74, 6) is -0.872. The van der Waals surface area contributed by atoms with E-state index in [9.17, 15) is 9.90 Å². The minimum Gasteiger partial charge on any atom is -0.478 e. The Balaban J connectivity index is 2.04. The number of nitrogens with one attached hydrogen (secondary N) is 1. The predicted octanol–water partition coefficient (Wildman–Crippen LogP) is 2.59. The fourth-order valence-corrected chi connectivity index (χ4v) is 2.62. The van der Waals surface area contributed by atoms with Crippen LogP contribution in [-0.2, 0) is 0 Å². The highest BCUT2D eigenvalue weighted by molar-refractivity contribution is 5.94. The van der Waals surface area contributed by atoms with Crippen LogP contribution < -0.4 is 5.32 Å². The van der Waals surface area contributed by atoms with Crippen molar-refractivity contribution in [2.75, 3.05) is 25.5 Å². The zero-order valence-corrected chi connectivity index (χ0v) is 11.6. The molecule has 104 valence electrons. The number of aryl methyl sites for hydroxylation is 1. The average molecular weight is 262 g/mol. The molecule has 0 aromatic heterocycles. The number of carbonyl (C=O) groups is 1. The lowest BCUT2D eigenvalue weighted by Crippen LogP contribution is -2.40. The molecule has 0 radical (unpaired) electrons. The number of anilines is 1. The van der Waals surface area contributed by atoms with E-state index in [4.69, 9.17) is 0 Å². The van der Waals surface area contributed by atoms with Crippen LogP contribution >= 0.6 is 0 Å². The maximum atomic E-state index is 11.2. The van der Waals surface area contributed by atoms with Gasteiger partial charge in [-0.25, -0.2) is 4.79 Å². The van der Waals surface area contributed by atoms with Crippen LogP contribution in [0.15, 0.2) is 18.2 Å². The van der Waals surface area contributed by atoms with Gasteiger partial charge in [0.05, 0.1) is 5.56 Å². The number of carboxylic acids is 1. The Bertz CT molecular complexity index is 459. The number of hydrogen-bond donors (Lipinski definition) is 2. The molecule has 0 spiro atoms. The Hall–Kier alpha value is -1.55. The van der Waals surface area contributed by atoms with E-state index in [2.05, 4.69) is 17.3 Å². The second-order valence-corrected chi connectivity index (χ2v) is 5.37. The van der Waals surface area contributed by atoms with E-state index < -0.39 is 5.97 Å². The van der Waals surface area contributed by atoms with Crippen molar-refractivity contribution < 1.29 is 9.90 Å². The van der Waals surface area contributed by atoms with E-state index in [-0.39, 0.29) is 0 Å². The van der Waals surface area contributed by atoms with Gasteiger partial charge in [-0.15, -0.1) is 0 Å². The molecule has 1 heterocycles. The van der Waals surface area contributed by atoms with Gasteiger partial charge in [0.2, 0.25) is 0 Å². The lowest BCUT2D eigenvalue weighted by Gasteiger charge is -2.32. The summed E-state index contributed by atoms with van der Waals surface area (Å²) in [4.78, 5) is 13.6. The van der Waals surface area contributed by atoms with Gasteiger partial charge in [0.15, 0.2) is 0 Å². The second-order valence-electron chi connectivity index (χ2n) is 5.37. The molecule has 1 fully saturated rings. The molecule has 4 nitrogen and oxygen atoms in total. The molecule has 1 aliphatic rings. The Morgan fingerprint density at radius 3 is 2.95 bits per heavy atom. The van der Waals surface area contributed by atoms with Crippen LogP contribution in [0.4, 0.5) is 5.69 Å². The number of rotatable bonds is 4. The average Bonchev–Trinajstić information content (AvgIpc) is 2.38. The number of aromatic carboxylic acids is 1. The lowest BCUT2D eigenvalue weighted by molar-refractivity contribution is 0.0697. The van der Waals surface area contributed by atoms with Gasteiger partial charge in [-0.1, -0.05) is 18.1 Å². The van der Waals surface area contributed by atoms with Crippen LogP contribution in [0.25, 0.3) is 0 Å². The topological polar surface area (TPSA) is 52.6 Å². The third-order valence-electron chi connectivity index (χ3n) is 3.86. The number of nitrogens with zero attached hydrogens (tertiary/aromatic N) is 1. The molecule has 0 aliphatic carbocycles. The van der Waals surface area contributed by atoms with E-state index in [1.54, 1.807) is 6.07 Å². The lowest BCUT2D eigenvalue weighted by atomic mass is 10.0. The van der Waals surface area contributed by atoms with E-state index in [1.807, 2.05) is 19.1 Å².